The number of sulfonamides is 1. The molecule has 0 heterocycles. The van der Waals surface area contributed by atoms with Gasteiger partial charge in [0.15, 0.2) is 0 Å². The lowest BCUT2D eigenvalue weighted by molar-refractivity contribution is -0.121. The van der Waals surface area contributed by atoms with Crippen molar-refractivity contribution in [3.8, 4) is 5.75 Å². The van der Waals surface area contributed by atoms with E-state index in [9.17, 15) is 13.2 Å². The van der Waals surface area contributed by atoms with E-state index in [0.717, 1.165) is 17.5 Å². The highest BCUT2D eigenvalue weighted by atomic mass is 32.2. The van der Waals surface area contributed by atoms with Gasteiger partial charge in [0.25, 0.3) is 0 Å². The Hall–Kier alpha value is -2.38. The number of rotatable bonds is 10. The molecular formula is C22H30N2O4S. The zero-order valence-corrected chi connectivity index (χ0v) is 18.3. The van der Waals surface area contributed by atoms with Gasteiger partial charge in [-0.1, -0.05) is 44.2 Å². The molecule has 6 nitrogen and oxygen atoms in total. The maximum Gasteiger partial charge on any atom is 0.243 e. The summed E-state index contributed by atoms with van der Waals surface area (Å²) < 4.78 is 33.1. The van der Waals surface area contributed by atoms with Crippen LogP contribution in [0.3, 0.4) is 0 Å². The highest BCUT2D eigenvalue weighted by Gasteiger charge is 2.27. The normalized spacial score (nSPS) is 11.7. The van der Waals surface area contributed by atoms with Crippen LogP contribution in [-0.4, -0.2) is 38.8 Å². The van der Waals surface area contributed by atoms with E-state index in [1.807, 2.05) is 30.3 Å². The van der Waals surface area contributed by atoms with Gasteiger partial charge in [-0.15, -0.1) is 0 Å². The topological polar surface area (TPSA) is 75.7 Å². The third-order valence-electron chi connectivity index (χ3n) is 4.57. The fraction of sp³-hybridized carbons (Fsp3) is 0.409. The Kier molecular flexibility index (Phi) is 8.22. The monoisotopic (exact) mass is 418 g/mol. The van der Waals surface area contributed by atoms with Crippen molar-refractivity contribution in [1.82, 2.24) is 9.62 Å². The fourth-order valence-corrected chi connectivity index (χ4v) is 4.36. The van der Waals surface area contributed by atoms with Crippen molar-refractivity contribution < 1.29 is 17.9 Å². The highest BCUT2D eigenvalue weighted by molar-refractivity contribution is 7.89. The maximum atomic E-state index is 13.3. The Morgan fingerprint density at radius 1 is 1.14 bits per heavy atom. The van der Waals surface area contributed by atoms with E-state index >= 15 is 0 Å². The zero-order valence-electron chi connectivity index (χ0n) is 17.5. The molecule has 0 aromatic heterocycles. The van der Waals surface area contributed by atoms with Crippen molar-refractivity contribution >= 4 is 15.9 Å². The van der Waals surface area contributed by atoms with Crippen molar-refractivity contribution in [2.75, 3.05) is 20.2 Å². The number of carbonyl (C=O) groups excluding carboxylic acids is 1. The van der Waals surface area contributed by atoms with Crippen LogP contribution in [0.25, 0.3) is 0 Å². The zero-order chi connectivity index (χ0) is 21.4. The van der Waals surface area contributed by atoms with E-state index in [1.54, 1.807) is 26.2 Å². The molecule has 0 atom stereocenters. The van der Waals surface area contributed by atoms with Gasteiger partial charge in [0.05, 0.1) is 18.6 Å². The lowest BCUT2D eigenvalue weighted by Crippen LogP contribution is -2.40. The molecule has 0 bridgehead atoms. The molecule has 2 aromatic rings. The SMILES string of the molecule is COc1ccc(S(=O)(=O)N(CC(=O)NCCC(C)C)Cc2ccccc2)cc1C. The van der Waals surface area contributed by atoms with Crippen LogP contribution in [0.15, 0.2) is 53.4 Å². The summed E-state index contributed by atoms with van der Waals surface area (Å²) in [5, 5.41) is 2.82. The second-order valence-electron chi connectivity index (χ2n) is 7.42. The third-order valence-corrected chi connectivity index (χ3v) is 6.36. The average Bonchev–Trinajstić information content (AvgIpc) is 2.68. The average molecular weight is 419 g/mol. The first-order chi connectivity index (χ1) is 13.7. The minimum Gasteiger partial charge on any atom is -0.496 e. The van der Waals surface area contributed by atoms with Crippen molar-refractivity contribution in [2.24, 2.45) is 5.92 Å². The van der Waals surface area contributed by atoms with Gasteiger partial charge in [0.1, 0.15) is 5.75 Å². The van der Waals surface area contributed by atoms with Crippen LogP contribution in [0.5, 0.6) is 5.75 Å². The Labute approximate surface area is 173 Å². The van der Waals surface area contributed by atoms with Crippen LogP contribution in [0.1, 0.15) is 31.4 Å². The number of benzene rings is 2. The smallest absolute Gasteiger partial charge is 0.243 e. The number of hydrogen-bond donors (Lipinski definition) is 1. The van der Waals surface area contributed by atoms with Crippen LogP contribution in [-0.2, 0) is 21.4 Å². The van der Waals surface area contributed by atoms with Crippen LogP contribution in [0.4, 0.5) is 0 Å². The molecule has 2 aromatic carbocycles. The van der Waals surface area contributed by atoms with Gasteiger partial charge in [-0.25, -0.2) is 8.42 Å². The van der Waals surface area contributed by atoms with E-state index in [2.05, 4.69) is 19.2 Å². The summed E-state index contributed by atoms with van der Waals surface area (Å²) in [6.07, 6.45) is 0.842. The molecule has 0 fully saturated rings. The van der Waals surface area contributed by atoms with E-state index in [1.165, 1.54) is 10.4 Å². The van der Waals surface area contributed by atoms with Crippen molar-refractivity contribution in [1.29, 1.82) is 0 Å². The van der Waals surface area contributed by atoms with Gasteiger partial charge in [0, 0.05) is 13.1 Å². The standard InChI is InChI=1S/C22H30N2O4S/c1-17(2)12-13-23-22(25)16-24(15-19-8-6-5-7-9-19)29(26,27)20-10-11-21(28-4)18(3)14-20/h5-11,14,17H,12-13,15-16H2,1-4H3,(H,23,25). The van der Waals surface area contributed by atoms with E-state index in [-0.39, 0.29) is 23.9 Å². The maximum absolute atomic E-state index is 13.3. The van der Waals surface area contributed by atoms with Gasteiger partial charge >= 0.3 is 0 Å². The first-order valence-corrected chi connectivity index (χ1v) is 11.1. The number of carbonyl (C=O) groups is 1. The molecule has 158 valence electrons. The molecule has 1 N–H and O–H groups in total. The molecule has 0 radical (unpaired) electrons. The van der Waals surface area contributed by atoms with Gasteiger partial charge in [-0.2, -0.15) is 4.31 Å². The lowest BCUT2D eigenvalue weighted by Gasteiger charge is -2.22. The van der Waals surface area contributed by atoms with Crippen molar-refractivity contribution in [3.63, 3.8) is 0 Å². The summed E-state index contributed by atoms with van der Waals surface area (Å²) in [4.78, 5) is 12.6. The number of methoxy groups -OCH3 is 1. The molecule has 29 heavy (non-hydrogen) atoms. The van der Waals surface area contributed by atoms with Gasteiger partial charge < -0.3 is 10.1 Å². The van der Waals surface area contributed by atoms with Gasteiger partial charge in [-0.05, 0) is 48.6 Å². The number of nitrogens with zero attached hydrogens (tertiary/aromatic N) is 1. The first-order valence-electron chi connectivity index (χ1n) is 9.69. The van der Waals surface area contributed by atoms with Crippen LogP contribution < -0.4 is 10.1 Å². The Balaban J connectivity index is 2.27. The summed E-state index contributed by atoms with van der Waals surface area (Å²) in [6, 6.07) is 14.0. The molecule has 7 heteroatoms. The molecule has 0 aliphatic rings. The molecule has 1 amide bonds. The second-order valence-corrected chi connectivity index (χ2v) is 9.36. The van der Waals surface area contributed by atoms with E-state index in [0.29, 0.717) is 18.2 Å². The summed E-state index contributed by atoms with van der Waals surface area (Å²) in [7, 11) is -2.32. The lowest BCUT2D eigenvalue weighted by atomic mass is 10.1. The summed E-state index contributed by atoms with van der Waals surface area (Å²) in [5.41, 5.74) is 1.53. The number of hydrogen-bond acceptors (Lipinski definition) is 4. The van der Waals surface area contributed by atoms with Gasteiger partial charge in [0.2, 0.25) is 15.9 Å². The third kappa shape index (κ3) is 6.58. The van der Waals surface area contributed by atoms with Crippen LogP contribution in [0.2, 0.25) is 0 Å². The Morgan fingerprint density at radius 3 is 2.41 bits per heavy atom. The highest BCUT2D eigenvalue weighted by Crippen LogP contribution is 2.24. The largest absolute Gasteiger partial charge is 0.496 e. The minimum absolute atomic E-state index is 0.117. The summed E-state index contributed by atoms with van der Waals surface area (Å²) >= 11 is 0. The molecule has 0 saturated carbocycles. The molecule has 0 aliphatic heterocycles. The molecule has 2 rings (SSSR count). The molecule has 0 saturated heterocycles. The number of ether oxygens (including phenoxy) is 1. The first kappa shape index (κ1) is 22.9. The van der Waals surface area contributed by atoms with Crippen molar-refractivity contribution in [3.05, 3.63) is 59.7 Å². The summed E-state index contributed by atoms with van der Waals surface area (Å²) in [5.74, 6) is 0.766. The van der Waals surface area contributed by atoms with Crippen LogP contribution >= 0.6 is 0 Å². The Bertz CT molecular complexity index is 912. The number of amides is 1. The molecular weight excluding hydrogens is 388 g/mol. The molecule has 0 unspecified atom stereocenters. The quantitative estimate of drug-likeness (QED) is 0.642. The van der Waals surface area contributed by atoms with Crippen LogP contribution in [0, 0.1) is 12.8 Å². The summed E-state index contributed by atoms with van der Waals surface area (Å²) in [6.45, 7) is 6.34. The predicted octanol–water partition coefficient (Wildman–Crippen LogP) is 3.36. The van der Waals surface area contributed by atoms with Crippen molar-refractivity contribution in [2.45, 2.75) is 38.6 Å². The number of nitrogens with one attached hydrogen (secondary N) is 1. The van der Waals surface area contributed by atoms with Gasteiger partial charge in [-0.3, -0.25) is 4.79 Å². The molecule has 0 aliphatic carbocycles. The Morgan fingerprint density at radius 2 is 1.83 bits per heavy atom. The minimum atomic E-state index is -3.87. The second kappa shape index (κ2) is 10.4. The fourth-order valence-electron chi connectivity index (χ4n) is 2.89. The predicted molar refractivity (Wildman–Crippen MR) is 114 cm³/mol. The van der Waals surface area contributed by atoms with E-state index in [4.69, 9.17) is 4.74 Å². The number of aryl methyl sites for hydroxylation is 1. The molecule has 0 spiro atoms. The van der Waals surface area contributed by atoms with E-state index < -0.39 is 10.0 Å².